The van der Waals surface area contributed by atoms with Gasteiger partial charge in [0.25, 0.3) is 5.91 Å². The predicted octanol–water partition coefficient (Wildman–Crippen LogP) is 6.62. The van der Waals surface area contributed by atoms with Gasteiger partial charge in [0, 0.05) is 24.6 Å². The zero-order valence-electron chi connectivity index (χ0n) is 19.5. The van der Waals surface area contributed by atoms with E-state index in [1.807, 2.05) is 91.9 Å². The topological polar surface area (TPSA) is 58.6 Å². The van der Waals surface area contributed by atoms with Gasteiger partial charge in [-0.2, -0.15) is 0 Å². The molecule has 0 fully saturated rings. The van der Waals surface area contributed by atoms with Crippen molar-refractivity contribution in [2.45, 2.75) is 19.3 Å². The number of amides is 2. The van der Waals surface area contributed by atoms with Crippen molar-refractivity contribution in [2.75, 3.05) is 16.8 Å². The van der Waals surface area contributed by atoms with Crippen LogP contribution in [0.25, 0.3) is 0 Å². The molecule has 1 N–H and O–H groups in total. The third-order valence-electron chi connectivity index (χ3n) is 6.22. The Hall–Kier alpha value is -4.38. The van der Waals surface area contributed by atoms with Crippen molar-refractivity contribution in [1.82, 2.24) is 0 Å². The van der Waals surface area contributed by atoms with Crippen molar-refractivity contribution in [3.63, 3.8) is 0 Å². The maximum atomic E-state index is 13.3. The molecule has 0 aliphatic carbocycles. The van der Waals surface area contributed by atoms with Crippen LogP contribution >= 0.6 is 0 Å². The summed E-state index contributed by atoms with van der Waals surface area (Å²) in [6.45, 7) is 2.43. The van der Waals surface area contributed by atoms with Crippen LogP contribution in [0.15, 0.2) is 103 Å². The van der Waals surface area contributed by atoms with Crippen LogP contribution in [0.4, 0.5) is 11.4 Å². The Balaban J connectivity index is 1.40. The normalized spacial score (nSPS) is 12.4. The average Bonchev–Trinajstić information content (AvgIpc) is 3.01. The summed E-state index contributed by atoms with van der Waals surface area (Å²) in [7, 11) is 0. The molecule has 1 aliphatic heterocycles. The van der Waals surface area contributed by atoms with Gasteiger partial charge in [0.05, 0.1) is 11.3 Å². The highest BCUT2D eigenvalue weighted by atomic mass is 16.5. The fourth-order valence-corrected chi connectivity index (χ4v) is 4.51. The first-order valence-corrected chi connectivity index (χ1v) is 11.8. The largest absolute Gasteiger partial charge is 0.454 e. The lowest BCUT2D eigenvalue weighted by Crippen LogP contribution is -2.29. The van der Waals surface area contributed by atoms with Crippen LogP contribution in [0.2, 0.25) is 0 Å². The molecule has 0 saturated heterocycles. The van der Waals surface area contributed by atoms with E-state index in [4.69, 9.17) is 4.74 Å². The summed E-state index contributed by atoms with van der Waals surface area (Å²) in [5, 5.41) is 2.99. The fraction of sp³-hybridized carbons (Fsp3) is 0.133. The van der Waals surface area contributed by atoms with Crippen LogP contribution in [-0.2, 0) is 4.79 Å². The maximum absolute atomic E-state index is 13.3. The molecule has 0 aromatic heterocycles. The summed E-state index contributed by atoms with van der Waals surface area (Å²) in [5.74, 6) is 0.748. The molecule has 4 aromatic carbocycles. The van der Waals surface area contributed by atoms with Gasteiger partial charge in [-0.25, -0.2) is 0 Å². The number of carbonyl (C=O) groups excluding carboxylic acids is 2. The molecule has 35 heavy (non-hydrogen) atoms. The Bertz CT molecular complexity index is 1310. The lowest BCUT2D eigenvalue weighted by molar-refractivity contribution is -0.116. The van der Waals surface area contributed by atoms with Crippen LogP contribution in [-0.4, -0.2) is 18.4 Å². The standard InChI is InChI=1S/C30H26N2O3/c1-2-32-26-15-9-10-16-28(26)35-27-18-17-23(19-25(27)30(32)34)31-29(33)20-24(21-11-5-3-6-12-21)22-13-7-4-8-14-22/h3-19,24H,2,20H2,1H3,(H,31,33). The molecule has 4 aromatic rings. The fourth-order valence-electron chi connectivity index (χ4n) is 4.51. The van der Waals surface area contributed by atoms with Gasteiger partial charge in [0.1, 0.15) is 5.75 Å². The van der Waals surface area contributed by atoms with E-state index in [9.17, 15) is 9.59 Å². The summed E-state index contributed by atoms with van der Waals surface area (Å²) in [4.78, 5) is 28.2. The van der Waals surface area contributed by atoms with Gasteiger partial charge in [0.15, 0.2) is 5.75 Å². The first-order valence-electron chi connectivity index (χ1n) is 11.8. The number of nitrogens with one attached hydrogen (secondary N) is 1. The van der Waals surface area contributed by atoms with Crippen molar-refractivity contribution < 1.29 is 14.3 Å². The van der Waals surface area contributed by atoms with Crippen molar-refractivity contribution in [2.24, 2.45) is 0 Å². The molecule has 5 nitrogen and oxygen atoms in total. The Kier molecular flexibility index (Phi) is 6.31. The average molecular weight is 463 g/mol. The van der Waals surface area contributed by atoms with E-state index < -0.39 is 0 Å². The van der Waals surface area contributed by atoms with Gasteiger partial charge in [-0.1, -0.05) is 72.8 Å². The zero-order valence-corrected chi connectivity index (χ0v) is 19.5. The lowest BCUT2D eigenvalue weighted by Gasteiger charge is -2.20. The van der Waals surface area contributed by atoms with E-state index in [0.29, 0.717) is 29.3 Å². The molecule has 0 bridgehead atoms. The molecule has 0 spiro atoms. The summed E-state index contributed by atoms with van der Waals surface area (Å²) < 4.78 is 6.07. The summed E-state index contributed by atoms with van der Waals surface area (Å²) in [6.07, 6.45) is 0.280. The molecule has 5 heteroatoms. The molecule has 2 amide bonds. The van der Waals surface area contributed by atoms with Crippen LogP contribution in [0.5, 0.6) is 11.5 Å². The van der Waals surface area contributed by atoms with Gasteiger partial charge < -0.3 is 15.0 Å². The number of carbonyl (C=O) groups is 2. The number of para-hydroxylation sites is 2. The Morgan fingerprint density at radius 2 is 1.46 bits per heavy atom. The summed E-state index contributed by atoms with van der Waals surface area (Å²) >= 11 is 0. The first kappa shape index (κ1) is 22.4. The third kappa shape index (κ3) is 4.66. The van der Waals surface area contributed by atoms with Crippen LogP contribution in [0.1, 0.15) is 40.7 Å². The van der Waals surface area contributed by atoms with Crippen molar-refractivity contribution in [3.05, 3.63) is 120 Å². The maximum Gasteiger partial charge on any atom is 0.262 e. The van der Waals surface area contributed by atoms with Crippen LogP contribution < -0.4 is 15.0 Å². The quantitative estimate of drug-likeness (QED) is 0.350. The molecular weight excluding hydrogens is 436 g/mol. The number of nitrogens with zero attached hydrogens (tertiary/aromatic N) is 1. The second-order valence-corrected chi connectivity index (χ2v) is 8.46. The molecule has 0 radical (unpaired) electrons. The SMILES string of the molecule is CCN1C(=O)c2cc(NC(=O)CC(c3ccccc3)c3ccccc3)ccc2Oc2ccccc21. The summed E-state index contributed by atoms with van der Waals surface area (Å²) in [5.41, 5.74) is 3.87. The number of ether oxygens (including phenoxy) is 1. The van der Waals surface area contributed by atoms with E-state index in [0.717, 1.165) is 16.8 Å². The van der Waals surface area contributed by atoms with E-state index in [1.54, 1.807) is 23.1 Å². The smallest absolute Gasteiger partial charge is 0.262 e. The molecule has 174 valence electrons. The van der Waals surface area contributed by atoms with Crippen LogP contribution in [0.3, 0.4) is 0 Å². The van der Waals surface area contributed by atoms with Gasteiger partial charge in [-0.15, -0.1) is 0 Å². The number of fused-ring (bicyclic) bond motifs is 2. The minimum atomic E-state index is -0.157. The number of rotatable bonds is 6. The molecule has 0 saturated carbocycles. The Labute approximate surface area is 205 Å². The number of hydrogen-bond acceptors (Lipinski definition) is 3. The summed E-state index contributed by atoms with van der Waals surface area (Å²) in [6, 6.07) is 32.8. The van der Waals surface area contributed by atoms with E-state index in [1.165, 1.54) is 0 Å². The third-order valence-corrected chi connectivity index (χ3v) is 6.22. The van der Waals surface area contributed by atoms with Crippen molar-refractivity contribution >= 4 is 23.2 Å². The molecule has 0 atom stereocenters. The molecule has 1 aliphatic rings. The second kappa shape index (κ2) is 9.85. The van der Waals surface area contributed by atoms with Gasteiger partial charge >= 0.3 is 0 Å². The molecule has 0 unspecified atom stereocenters. The first-order chi connectivity index (χ1) is 17.1. The highest BCUT2D eigenvalue weighted by molar-refractivity contribution is 6.10. The van der Waals surface area contributed by atoms with E-state index in [-0.39, 0.29) is 24.2 Å². The second-order valence-electron chi connectivity index (χ2n) is 8.46. The van der Waals surface area contributed by atoms with Crippen molar-refractivity contribution in [1.29, 1.82) is 0 Å². The highest BCUT2D eigenvalue weighted by Gasteiger charge is 2.27. The van der Waals surface area contributed by atoms with Crippen LogP contribution in [0, 0.1) is 0 Å². The molecule has 1 heterocycles. The number of anilines is 2. The van der Waals surface area contributed by atoms with E-state index in [2.05, 4.69) is 5.32 Å². The highest BCUT2D eigenvalue weighted by Crippen LogP contribution is 2.39. The molecule has 5 rings (SSSR count). The van der Waals surface area contributed by atoms with E-state index >= 15 is 0 Å². The Morgan fingerprint density at radius 3 is 2.11 bits per heavy atom. The minimum Gasteiger partial charge on any atom is -0.454 e. The number of hydrogen-bond donors (Lipinski definition) is 1. The Morgan fingerprint density at radius 1 is 0.829 bits per heavy atom. The van der Waals surface area contributed by atoms with Gasteiger partial charge in [-0.3, -0.25) is 9.59 Å². The van der Waals surface area contributed by atoms with Crippen molar-refractivity contribution in [3.8, 4) is 11.5 Å². The zero-order chi connectivity index (χ0) is 24.2. The van der Waals surface area contributed by atoms with Gasteiger partial charge in [-0.05, 0) is 48.4 Å². The van der Waals surface area contributed by atoms with Gasteiger partial charge in [0.2, 0.25) is 5.91 Å². The predicted molar refractivity (Wildman–Crippen MR) is 138 cm³/mol. The lowest BCUT2D eigenvalue weighted by atomic mass is 9.88. The molecular formula is C30H26N2O3. The number of benzene rings is 4. The monoisotopic (exact) mass is 462 g/mol. The minimum absolute atomic E-state index is 0.0757.